The number of carbonyl (C=O) groups excluding carboxylic acids is 4. The molecule has 2 heterocycles. The average molecular weight is 734 g/mol. The molecule has 0 radical (unpaired) electrons. The van der Waals surface area contributed by atoms with E-state index in [2.05, 4.69) is 0 Å². The highest BCUT2D eigenvalue weighted by Crippen LogP contribution is 2.65. The third-order valence-electron chi connectivity index (χ3n) is 11.3. The van der Waals surface area contributed by atoms with Crippen molar-refractivity contribution in [2.45, 2.75) is 24.2 Å². The van der Waals surface area contributed by atoms with Crippen LogP contribution in [0.3, 0.4) is 0 Å². The van der Waals surface area contributed by atoms with Crippen LogP contribution in [0.25, 0.3) is 0 Å². The first-order chi connectivity index (χ1) is 25.5. The summed E-state index contributed by atoms with van der Waals surface area (Å²) in [5.74, 6) is -6.21. The molecular weight excluding hydrogens is 702 g/mol. The Hall–Kier alpha value is -6.01. The zero-order valence-corrected chi connectivity index (χ0v) is 29.2. The van der Waals surface area contributed by atoms with E-state index in [9.17, 15) is 29.6 Å². The Labute approximate surface area is 308 Å². The average Bonchev–Trinajstić information content (AvgIpc) is 3.56. The maximum absolute atomic E-state index is 15.4. The highest BCUT2D eigenvalue weighted by molar-refractivity contribution is 6.32. The van der Waals surface area contributed by atoms with Crippen molar-refractivity contribution in [2.24, 2.45) is 23.7 Å². The smallest absolute Gasteiger partial charge is 0.269 e. The van der Waals surface area contributed by atoms with Gasteiger partial charge in [0, 0.05) is 23.1 Å². The number of nitro groups is 1. The first-order valence-electron chi connectivity index (χ1n) is 17.0. The molecule has 2 aliphatic heterocycles. The Morgan fingerprint density at radius 2 is 1.49 bits per heavy atom. The van der Waals surface area contributed by atoms with E-state index in [-0.39, 0.29) is 41.5 Å². The summed E-state index contributed by atoms with van der Waals surface area (Å²) in [5.41, 5.74) is 0.538. The van der Waals surface area contributed by atoms with Crippen LogP contribution in [0.1, 0.15) is 29.9 Å². The molecule has 1 N–H and O–H groups in total. The van der Waals surface area contributed by atoms with Gasteiger partial charge in [-0.15, -0.1) is 0 Å². The molecule has 13 heteroatoms. The van der Waals surface area contributed by atoms with Crippen molar-refractivity contribution in [3.8, 4) is 17.2 Å². The topological polar surface area (TPSA) is 157 Å². The van der Waals surface area contributed by atoms with E-state index >= 15 is 4.79 Å². The third-order valence-corrected chi connectivity index (χ3v) is 11.6. The Kier molecular flexibility index (Phi) is 8.10. The minimum Gasteiger partial charge on any atom is -0.502 e. The Bertz CT molecular complexity index is 2230. The van der Waals surface area contributed by atoms with E-state index in [1.807, 2.05) is 24.3 Å². The predicted octanol–water partition coefficient (Wildman–Crippen LogP) is 6.34. The number of carbonyl (C=O) groups is 4. The largest absolute Gasteiger partial charge is 0.502 e. The number of non-ortho nitro benzene ring substituents is 1. The third kappa shape index (κ3) is 4.88. The molecule has 0 bridgehead atoms. The molecule has 268 valence electrons. The van der Waals surface area contributed by atoms with Crippen LogP contribution in [0.4, 0.5) is 17.1 Å². The maximum Gasteiger partial charge on any atom is 0.269 e. The number of anilines is 2. The highest BCUT2D eigenvalue weighted by Gasteiger charge is 2.70. The fourth-order valence-electron chi connectivity index (χ4n) is 9.18. The number of amides is 4. The van der Waals surface area contributed by atoms with Gasteiger partial charge in [-0.05, 0) is 72.4 Å². The molecule has 1 saturated carbocycles. The molecular formula is C40H32ClN3O9. The van der Waals surface area contributed by atoms with Crippen molar-refractivity contribution in [2.75, 3.05) is 24.0 Å². The molecule has 6 unspecified atom stereocenters. The molecule has 0 aromatic heterocycles. The molecule has 12 nitrogen and oxygen atoms in total. The van der Waals surface area contributed by atoms with Crippen LogP contribution in [-0.4, -0.2) is 47.9 Å². The number of nitro benzene ring substituents is 1. The van der Waals surface area contributed by atoms with Crippen LogP contribution in [0.2, 0.25) is 5.02 Å². The van der Waals surface area contributed by atoms with Gasteiger partial charge in [0.1, 0.15) is 0 Å². The summed E-state index contributed by atoms with van der Waals surface area (Å²) < 4.78 is 11.1. The van der Waals surface area contributed by atoms with Gasteiger partial charge < -0.3 is 14.6 Å². The monoisotopic (exact) mass is 733 g/mol. The summed E-state index contributed by atoms with van der Waals surface area (Å²) in [5, 5.41) is 22.6. The summed E-state index contributed by atoms with van der Waals surface area (Å²) in [6, 6.07) is 24.0. The first kappa shape index (κ1) is 34.1. The molecule has 53 heavy (non-hydrogen) atoms. The molecule has 4 aliphatic rings. The number of benzene rings is 4. The summed E-state index contributed by atoms with van der Waals surface area (Å²) >= 11 is 6.39. The lowest BCUT2D eigenvalue weighted by Crippen LogP contribution is -2.53. The van der Waals surface area contributed by atoms with Gasteiger partial charge >= 0.3 is 0 Å². The van der Waals surface area contributed by atoms with Gasteiger partial charge in [-0.25, -0.2) is 4.90 Å². The standard InChI is InChI=1S/C40H32ClN3O9/c1-52-31-17-21(18-32(53-2)35(31)45)34-27-15-16-28-33(38(48)42(36(28)46)24-11-13-25(14-12-24)44(50)51)29(27)20-30-37(47)43(26-10-6-9-23(41)19-26)39(49)40(30,34)22-7-4-3-5-8-22/h3-15,17-19,28-30,33-34,45H,16,20H2,1-2H3. The van der Waals surface area contributed by atoms with Gasteiger partial charge in [-0.3, -0.25) is 34.2 Å². The van der Waals surface area contributed by atoms with Gasteiger partial charge in [-0.1, -0.05) is 59.6 Å². The molecule has 0 spiro atoms. The number of imide groups is 2. The zero-order chi connectivity index (χ0) is 37.3. The number of methoxy groups -OCH3 is 2. The van der Waals surface area contributed by atoms with E-state index in [4.69, 9.17) is 21.1 Å². The van der Waals surface area contributed by atoms with Gasteiger partial charge in [0.15, 0.2) is 11.5 Å². The molecule has 2 saturated heterocycles. The summed E-state index contributed by atoms with van der Waals surface area (Å²) in [6.07, 6.45) is 2.15. The lowest BCUT2D eigenvalue weighted by molar-refractivity contribution is -0.384. The number of hydrogen-bond acceptors (Lipinski definition) is 9. The Balaban J connectivity index is 1.36. The van der Waals surface area contributed by atoms with Gasteiger partial charge in [0.2, 0.25) is 29.4 Å². The molecule has 3 fully saturated rings. The van der Waals surface area contributed by atoms with Crippen LogP contribution in [-0.2, 0) is 24.6 Å². The van der Waals surface area contributed by atoms with Crippen molar-refractivity contribution < 1.29 is 38.7 Å². The summed E-state index contributed by atoms with van der Waals surface area (Å²) in [4.78, 5) is 71.9. The number of fused-ring (bicyclic) bond motifs is 4. The second-order valence-electron chi connectivity index (χ2n) is 13.7. The molecule has 4 aromatic carbocycles. The van der Waals surface area contributed by atoms with Crippen molar-refractivity contribution in [1.82, 2.24) is 0 Å². The second-order valence-corrected chi connectivity index (χ2v) is 14.1. The zero-order valence-electron chi connectivity index (χ0n) is 28.5. The van der Waals surface area contributed by atoms with Crippen LogP contribution in [0.5, 0.6) is 17.2 Å². The quantitative estimate of drug-likeness (QED) is 0.0991. The van der Waals surface area contributed by atoms with E-state index < -0.39 is 63.6 Å². The molecule has 6 atom stereocenters. The number of phenolic OH excluding ortho intramolecular Hbond substituents is 1. The van der Waals surface area contributed by atoms with Crippen LogP contribution < -0.4 is 19.3 Å². The van der Waals surface area contributed by atoms with E-state index in [1.165, 1.54) is 43.4 Å². The highest BCUT2D eigenvalue weighted by atomic mass is 35.5. The Morgan fingerprint density at radius 1 is 0.811 bits per heavy atom. The number of aromatic hydroxyl groups is 1. The molecule has 8 rings (SSSR count). The number of phenols is 1. The number of hydrogen-bond donors (Lipinski definition) is 1. The van der Waals surface area contributed by atoms with Crippen molar-refractivity contribution >= 4 is 52.3 Å². The lowest BCUT2D eigenvalue weighted by Gasteiger charge is -2.50. The first-order valence-corrected chi connectivity index (χ1v) is 17.4. The number of nitrogens with zero attached hydrogens (tertiary/aromatic N) is 3. The Morgan fingerprint density at radius 3 is 2.11 bits per heavy atom. The number of rotatable bonds is 7. The van der Waals surface area contributed by atoms with Crippen LogP contribution in [0, 0.1) is 33.8 Å². The van der Waals surface area contributed by atoms with Crippen molar-refractivity contribution in [3.63, 3.8) is 0 Å². The minimum atomic E-state index is -1.55. The van der Waals surface area contributed by atoms with Crippen LogP contribution >= 0.6 is 11.6 Å². The number of ether oxygens (including phenoxy) is 2. The van der Waals surface area contributed by atoms with E-state index in [1.54, 1.807) is 48.5 Å². The number of halogens is 1. The lowest BCUT2D eigenvalue weighted by atomic mass is 9.49. The fraction of sp³-hybridized carbons (Fsp3) is 0.250. The predicted molar refractivity (Wildman–Crippen MR) is 193 cm³/mol. The molecule has 4 amide bonds. The van der Waals surface area contributed by atoms with Gasteiger partial charge in [-0.2, -0.15) is 0 Å². The van der Waals surface area contributed by atoms with Gasteiger partial charge in [0.25, 0.3) is 5.69 Å². The molecule has 2 aliphatic carbocycles. The maximum atomic E-state index is 15.4. The number of allylic oxidation sites excluding steroid dienone is 2. The van der Waals surface area contributed by atoms with Crippen LogP contribution in [0.15, 0.2) is 103 Å². The van der Waals surface area contributed by atoms with Crippen molar-refractivity contribution in [1.29, 1.82) is 0 Å². The van der Waals surface area contributed by atoms with Crippen molar-refractivity contribution in [3.05, 3.63) is 129 Å². The van der Waals surface area contributed by atoms with Gasteiger partial charge in [0.05, 0.1) is 53.7 Å². The van der Waals surface area contributed by atoms with E-state index in [0.29, 0.717) is 27.4 Å². The SMILES string of the molecule is COc1cc(C2C3=CCC4C(=O)N(c5ccc([N+](=O)[O-])cc5)C(=O)C4C3CC3C(=O)N(c4cccc(Cl)c4)C(=O)C32c2ccccc2)cc(OC)c1O. The second kappa shape index (κ2) is 12.6. The normalized spacial score (nSPS) is 26.2. The fourth-order valence-corrected chi connectivity index (χ4v) is 9.36. The summed E-state index contributed by atoms with van der Waals surface area (Å²) in [7, 11) is 2.78. The minimum absolute atomic E-state index is 0.0690. The van der Waals surface area contributed by atoms with E-state index in [0.717, 1.165) is 4.90 Å². The molecule has 4 aromatic rings. The summed E-state index contributed by atoms with van der Waals surface area (Å²) in [6.45, 7) is 0.